The molecule has 0 heterocycles. The maximum absolute atomic E-state index is 12.3. The van der Waals surface area contributed by atoms with Crippen LogP contribution in [-0.2, 0) is 0 Å². The third-order valence-electron chi connectivity index (χ3n) is 4.05. The molecular formula is C15H20N2O4. The Balaban J connectivity index is 1.99. The first-order valence-corrected chi connectivity index (χ1v) is 7.17. The van der Waals surface area contributed by atoms with E-state index in [0.717, 1.165) is 25.7 Å². The van der Waals surface area contributed by atoms with Gasteiger partial charge in [-0.25, -0.2) is 0 Å². The summed E-state index contributed by atoms with van der Waals surface area (Å²) in [5.74, 6) is -0.0616. The Bertz CT molecular complexity index is 515. The van der Waals surface area contributed by atoms with Crippen molar-refractivity contribution in [2.24, 2.45) is 5.92 Å². The summed E-state index contributed by atoms with van der Waals surface area (Å²) in [5, 5.41) is 20.6. The summed E-state index contributed by atoms with van der Waals surface area (Å²) in [4.78, 5) is 24.0. The van der Waals surface area contributed by atoms with Gasteiger partial charge in [0.05, 0.1) is 11.0 Å². The fourth-order valence-corrected chi connectivity index (χ4v) is 2.78. The molecule has 114 valence electrons. The predicted octanol–water partition coefficient (Wildman–Crippen LogP) is 2.22. The molecule has 1 amide bonds. The number of nitro benzene ring substituents is 1. The Morgan fingerprint density at radius 2 is 1.95 bits per heavy atom. The van der Waals surface area contributed by atoms with Crippen molar-refractivity contribution >= 4 is 11.6 Å². The van der Waals surface area contributed by atoms with Gasteiger partial charge in [0.1, 0.15) is 0 Å². The molecular weight excluding hydrogens is 272 g/mol. The van der Waals surface area contributed by atoms with E-state index >= 15 is 0 Å². The summed E-state index contributed by atoms with van der Waals surface area (Å²) in [7, 11) is 1.70. The van der Waals surface area contributed by atoms with E-state index < -0.39 is 4.92 Å². The lowest BCUT2D eigenvalue weighted by Gasteiger charge is -2.31. The van der Waals surface area contributed by atoms with Crippen molar-refractivity contribution in [3.8, 4) is 0 Å². The number of hydrogen-bond donors (Lipinski definition) is 1. The van der Waals surface area contributed by atoms with E-state index in [4.69, 9.17) is 0 Å². The Kier molecular flexibility index (Phi) is 4.90. The largest absolute Gasteiger partial charge is 0.393 e. The van der Waals surface area contributed by atoms with Gasteiger partial charge in [0.15, 0.2) is 0 Å². The van der Waals surface area contributed by atoms with Crippen molar-refractivity contribution < 1.29 is 14.8 Å². The highest BCUT2D eigenvalue weighted by atomic mass is 16.6. The van der Waals surface area contributed by atoms with Gasteiger partial charge in [-0.15, -0.1) is 0 Å². The quantitative estimate of drug-likeness (QED) is 0.681. The number of hydrogen-bond acceptors (Lipinski definition) is 4. The molecule has 1 aliphatic rings. The maximum atomic E-state index is 12.3. The highest BCUT2D eigenvalue weighted by Gasteiger charge is 2.26. The third-order valence-corrected chi connectivity index (χ3v) is 4.05. The van der Waals surface area contributed by atoms with E-state index in [9.17, 15) is 20.0 Å². The van der Waals surface area contributed by atoms with Gasteiger partial charge in [0, 0.05) is 37.2 Å². The molecule has 0 saturated heterocycles. The van der Waals surface area contributed by atoms with Crippen molar-refractivity contribution in [3.63, 3.8) is 0 Å². The average molecular weight is 292 g/mol. The summed E-state index contributed by atoms with van der Waals surface area (Å²) in [6.45, 7) is 0.511. The van der Waals surface area contributed by atoms with Gasteiger partial charge in [0.25, 0.3) is 11.6 Å². The molecule has 1 N–H and O–H groups in total. The summed E-state index contributed by atoms with van der Waals surface area (Å²) >= 11 is 0. The van der Waals surface area contributed by atoms with Crippen molar-refractivity contribution in [2.75, 3.05) is 13.6 Å². The van der Waals surface area contributed by atoms with Crippen molar-refractivity contribution in [2.45, 2.75) is 31.8 Å². The molecule has 1 saturated carbocycles. The normalized spacial score (nSPS) is 21.8. The number of amides is 1. The van der Waals surface area contributed by atoms with Gasteiger partial charge in [-0.2, -0.15) is 0 Å². The molecule has 6 nitrogen and oxygen atoms in total. The van der Waals surface area contributed by atoms with Gasteiger partial charge in [-0.3, -0.25) is 14.9 Å². The molecule has 1 fully saturated rings. The Labute approximate surface area is 123 Å². The number of rotatable bonds is 4. The zero-order valence-electron chi connectivity index (χ0n) is 12.1. The van der Waals surface area contributed by atoms with E-state index in [-0.39, 0.29) is 23.6 Å². The lowest BCUT2D eigenvalue weighted by molar-refractivity contribution is -0.384. The number of benzene rings is 1. The van der Waals surface area contributed by atoms with Crippen LogP contribution in [-0.4, -0.2) is 40.5 Å². The minimum Gasteiger partial charge on any atom is -0.393 e. The van der Waals surface area contributed by atoms with Crippen molar-refractivity contribution in [3.05, 3.63) is 39.9 Å². The van der Waals surface area contributed by atoms with Gasteiger partial charge >= 0.3 is 0 Å². The summed E-state index contributed by atoms with van der Waals surface area (Å²) in [6, 6.07) is 5.59. The van der Waals surface area contributed by atoms with E-state index in [1.807, 2.05) is 0 Å². The summed E-state index contributed by atoms with van der Waals surface area (Å²) in [5.41, 5.74) is 0.394. The lowest BCUT2D eigenvalue weighted by Crippen LogP contribution is -2.38. The standard InChI is InChI=1S/C15H20N2O4/c1-16(10-12-4-2-3-5-14(12)18)15(19)11-6-8-13(9-7-11)17(20)21/h6-9,12,14,18H,2-5,10H2,1H3. The van der Waals surface area contributed by atoms with Crippen LogP contribution in [0.25, 0.3) is 0 Å². The van der Waals surface area contributed by atoms with Crippen LogP contribution in [0, 0.1) is 16.0 Å². The highest BCUT2D eigenvalue weighted by Crippen LogP contribution is 2.25. The first-order chi connectivity index (χ1) is 9.99. The second-order valence-electron chi connectivity index (χ2n) is 5.60. The van der Waals surface area contributed by atoms with E-state index in [1.165, 1.54) is 24.3 Å². The molecule has 0 bridgehead atoms. The number of aliphatic hydroxyl groups excluding tert-OH is 1. The number of aliphatic hydroxyl groups is 1. The average Bonchev–Trinajstić information content (AvgIpc) is 2.49. The summed E-state index contributed by atoms with van der Waals surface area (Å²) < 4.78 is 0. The fraction of sp³-hybridized carbons (Fsp3) is 0.533. The topological polar surface area (TPSA) is 83.7 Å². The van der Waals surface area contributed by atoms with Crippen LogP contribution in [0.2, 0.25) is 0 Å². The Hall–Kier alpha value is -1.95. The van der Waals surface area contributed by atoms with E-state index in [2.05, 4.69) is 0 Å². The highest BCUT2D eigenvalue weighted by molar-refractivity contribution is 5.94. The Morgan fingerprint density at radius 1 is 1.33 bits per heavy atom. The molecule has 21 heavy (non-hydrogen) atoms. The predicted molar refractivity (Wildman–Crippen MR) is 78.0 cm³/mol. The number of carbonyl (C=O) groups excluding carboxylic acids is 1. The minimum absolute atomic E-state index is 0.0306. The number of nitro groups is 1. The molecule has 6 heteroatoms. The second-order valence-corrected chi connectivity index (χ2v) is 5.60. The third kappa shape index (κ3) is 3.78. The van der Waals surface area contributed by atoms with Crippen molar-refractivity contribution in [1.29, 1.82) is 0 Å². The maximum Gasteiger partial charge on any atom is 0.269 e. The van der Waals surface area contributed by atoms with Crippen molar-refractivity contribution in [1.82, 2.24) is 4.90 Å². The van der Waals surface area contributed by atoms with Crippen LogP contribution in [0.3, 0.4) is 0 Å². The smallest absolute Gasteiger partial charge is 0.269 e. The minimum atomic E-state index is -0.490. The molecule has 0 spiro atoms. The first-order valence-electron chi connectivity index (χ1n) is 7.17. The molecule has 2 unspecified atom stereocenters. The van der Waals surface area contributed by atoms with Gasteiger partial charge in [-0.05, 0) is 25.0 Å². The van der Waals surface area contributed by atoms with E-state index in [0.29, 0.717) is 12.1 Å². The summed E-state index contributed by atoms with van der Waals surface area (Å²) in [6.07, 6.45) is 3.51. The van der Waals surface area contributed by atoms with Gasteiger partial charge in [0.2, 0.25) is 0 Å². The molecule has 1 aliphatic carbocycles. The monoisotopic (exact) mass is 292 g/mol. The van der Waals surface area contributed by atoms with Gasteiger partial charge < -0.3 is 10.0 Å². The molecule has 2 rings (SSSR count). The number of non-ortho nitro benzene ring substituents is 1. The van der Waals surface area contributed by atoms with Crippen LogP contribution >= 0.6 is 0 Å². The van der Waals surface area contributed by atoms with Crippen LogP contribution < -0.4 is 0 Å². The second kappa shape index (κ2) is 6.67. The molecule has 0 radical (unpaired) electrons. The van der Waals surface area contributed by atoms with Gasteiger partial charge in [-0.1, -0.05) is 12.8 Å². The lowest BCUT2D eigenvalue weighted by atomic mass is 9.86. The molecule has 1 aromatic rings. The zero-order chi connectivity index (χ0) is 15.4. The van der Waals surface area contributed by atoms with Crippen LogP contribution in [0.4, 0.5) is 5.69 Å². The molecule has 0 aromatic heterocycles. The molecule has 2 atom stereocenters. The SMILES string of the molecule is CN(CC1CCCCC1O)C(=O)c1ccc([N+](=O)[O-])cc1. The zero-order valence-corrected chi connectivity index (χ0v) is 12.1. The van der Waals surface area contributed by atoms with E-state index in [1.54, 1.807) is 11.9 Å². The van der Waals surface area contributed by atoms with Crippen LogP contribution in [0.1, 0.15) is 36.0 Å². The fourth-order valence-electron chi connectivity index (χ4n) is 2.78. The van der Waals surface area contributed by atoms with Crippen LogP contribution in [0.5, 0.6) is 0 Å². The van der Waals surface area contributed by atoms with Crippen LogP contribution in [0.15, 0.2) is 24.3 Å². The molecule has 1 aromatic carbocycles. The number of carbonyl (C=O) groups is 1. The Morgan fingerprint density at radius 3 is 2.52 bits per heavy atom. The number of nitrogens with zero attached hydrogens (tertiary/aromatic N) is 2. The molecule has 0 aliphatic heterocycles. The first kappa shape index (κ1) is 15.4.